The minimum absolute atomic E-state index is 0.100. The van der Waals surface area contributed by atoms with Crippen molar-refractivity contribution in [3.05, 3.63) is 77.4 Å². The Morgan fingerprint density at radius 3 is 2.15 bits per heavy atom. The zero-order valence-electron chi connectivity index (χ0n) is 13.3. The van der Waals surface area contributed by atoms with Crippen molar-refractivity contribution in [2.75, 3.05) is 10.0 Å². The number of anilines is 3. The second-order valence-electron chi connectivity index (χ2n) is 5.31. The van der Waals surface area contributed by atoms with Gasteiger partial charge in [0.1, 0.15) is 5.82 Å². The molecule has 0 amide bonds. The normalized spacial score (nSPS) is 10.8. The Labute approximate surface area is 156 Å². The van der Waals surface area contributed by atoms with E-state index < -0.39 is 10.0 Å². The number of halogens is 1. The zero-order chi connectivity index (χ0) is 18.6. The molecule has 2 N–H and O–H groups in total. The van der Waals surface area contributed by atoms with Crippen LogP contribution in [0.3, 0.4) is 0 Å². The molecular weight excluding hydrogens is 372 g/mol. The minimum atomic E-state index is -3.73. The Kier molecular flexibility index (Phi) is 5.07. The molecule has 8 heteroatoms. The number of pyridine rings is 1. The third-order valence-electron chi connectivity index (χ3n) is 3.43. The van der Waals surface area contributed by atoms with Crippen LogP contribution in [0.2, 0.25) is 5.02 Å². The highest BCUT2D eigenvalue weighted by molar-refractivity contribution is 7.92. The molecule has 3 rings (SSSR count). The molecule has 3 aromatic rings. The Morgan fingerprint density at radius 1 is 0.923 bits per heavy atom. The maximum atomic E-state index is 12.3. The van der Waals surface area contributed by atoms with E-state index in [4.69, 9.17) is 16.9 Å². The van der Waals surface area contributed by atoms with Gasteiger partial charge >= 0.3 is 0 Å². The van der Waals surface area contributed by atoms with Crippen LogP contribution in [0.25, 0.3) is 0 Å². The minimum Gasteiger partial charge on any atom is -0.354 e. The van der Waals surface area contributed by atoms with Gasteiger partial charge in [0, 0.05) is 10.7 Å². The summed E-state index contributed by atoms with van der Waals surface area (Å²) < 4.78 is 27.0. The van der Waals surface area contributed by atoms with E-state index in [2.05, 4.69) is 21.1 Å². The topological polar surface area (TPSA) is 94.9 Å². The number of sulfonamides is 1. The fourth-order valence-corrected chi connectivity index (χ4v) is 3.27. The van der Waals surface area contributed by atoms with E-state index in [1.165, 1.54) is 30.5 Å². The van der Waals surface area contributed by atoms with Gasteiger partial charge in [-0.05, 0) is 60.7 Å². The molecule has 0 aliphatic heterocycles. The van der Waals surface area contributed by atoms with Gasteiger partial charge < -0.3 is 5.32 Å². The molecule has 0 fully saturated rings. The van der Waals surface area contributed by atoms with E-state index in [0.717, 1.165) is 5.69 Å². The number of rotatable bonds is 5. The van der Waals surface area contributed by atoms with Gasteiger partial charge in [-0.3, -0.25) is 4.72 Å². The molecular formula is C18H13ClN4O2S. The molecule has 0 atom stereocenters. The van der Waals surface area contributed by atoms with E-state index in [1.807, 2.05) is 0 Å². The lowest BCUT2D eigenvalue weighted by Crippen LogP contribution is -2.13. The lowest BCUT2D eigenvalue weighted by molar-refractivity contribution is 0.601. The SMILES string of the molecule is N#Cc1ccc(Nc2ccc(NS(=O)(=O)c3ccc(Cl)cc3)nc2)cc1. The molecule has 130 valence electrons. The van der Waals surface area contributed by atoms with Crippen molar-refractivity contribution in [1.29, 1.82) is 5.26 Å². The first-order chi connectivity index (χ1) is 12.5. The molecule has 0 saturated heterocycles. The van der Waals surface area contributed by atoms with Crippen LogP contribution in [0, 0.1) is 11.3 Å². The third kappa shape index (κ3) is 4.30. The van der Waals surface area contributed by atoms with Crippen molar-refractivity contribution in [2.45, 2.75) is 4.90 Å². The van der Waals surface area contributed by atoms with Crippen molar-refractivity contribution in [3.63, 3.8) is 0 Å². The van der Waals surface area contributed by atoms with Gasteiger partial charge in [-0.25, -0.2) is 13.4 Å². The molecule has 0 unspecified atom stereocenters. The maximum absolute atomic E-state index is 12.3. The lowest BCUT2D eigenvalue weighted by atomic mass is 10.2. The van der Waals surface area contributed by atoms with Crippen molar-refractivity contribution < 1.29 is 8.42 Å². The number of hydrogen-bond donors (Lipinski definition) is 2. The second-order valence-corrected chi connectivity index (χ2v) is 7.42. The van der Waals surface area contributed by atoms with Gasteiger partial charge in [0.05, 0.1) is 28.4 Å². The Bertz CT molecular complexity index is 1040. The van der Waals surface area contributed by atoms with Crippen molar-refractivity contribution >= 4 is 38.8 Å². The van der Waals surface area contributed by atoms with Crippen LogP contribution in [0.5, 0.6) is 0 Å². The number of nitrogens with one attached hydrogen (secondary N) is 2. The first kappa shape index (κ1) is 17.7. The predicted molar refractivity (Wildman–Crippen MR) is 101 cm³/mol. The van der Waals surface area contributed by atoms with Crippen molar-refractivity contribution in [3.8, 4) is 6.07 Å². The first-order valence-corrected chi connectivity index (χ1v) is 9.34. The summed E-state index contributed by atoms with van der Waals surface area (Å²) in [4.78, 5) is 4.21. The largest absolute Gasteiger partial charge is 0.354 e. The summed E-state index contributed by atoms with van der Waals surface area (Å²) in [6.07, 6.45) is 1.51. The molecule has 0 saturated carbocycles. The molecule has 0 spiro atoms. The zero-order valence-corrected chi connectivity index (χ0v) is 14.9. The molecule has 6 nitrogen and oxygen atoms in total. The molecule has 0 aliphatic rings. The summed E-state index contributed by atoms with van der Waals surface area (Å²) in [5.74, 6) is 0.199. The summed E-state index contributed by atoms with van der Waals surface area (Å²) in [7, 11) is -3.73. The van der Waals surface area contributed by atoms with Crippen molar-refractivity contribution in [1.82, 2.24) is 4.98 Å². The molecule has 26 heavy (non-hydrogen) atoms. The summed E-state index contributed by atoms with van der Waals surface area (Å²) in [5.41, 5.74) is 2.05. The number of nitrogens with zero attached hydrogens (tertiary/aromatic N) is 2. The van der Waals surface area contributed by atoms with E-state index in [9.17, 15) is 8.42 Å². The quantitative estimate of drug-likeness (QED) is 0.689. The maximum Gasteiger partial charge on any atom is 0.263 e. The molecule has 2 aromatic carbocycles. The van der Waals surface area contributed by atoms with Crippen LogP contribution in [0.4, 0.5) is 17.2 Å². The fourth-order valence-electron chi connectivity index (χ4n) is 2.13. The summed E-state index contributed by atoms with van der Waals surface area (Å²) in [5, 5.41) is 12.4. The van der Waals surface area contributed by atoms with Gasteiger partial charge in [0.2, 0.25) is 0 Å². The number of nitriles is 1. The van der Waals surface area contributed by atoms with Gasteiger partial charge in [0.25, 0.3) is 10.0 Å². The van der Waals surface area contributed by atoms with Crippen LogP contribution in [0.1, 0.15) is 5.56 Å². The smallest absolute Gasteiger partial charge is 0.263 e. The summed E-state index contributed by atoms with van der Waals surface area (Å²) in [6, 6.07) is 18.1. The average Bonchev–Trinajstić information content (AvgIpc) is 2.64. The molecule has 0 radical (unpaired) electrons. The summed E-state index contributed by atoms with van der Waals surface area (Å²) in [6.45, 7) is 0. The monoisotopic (exact) mass is 384 g/mol. The molecule has 1 aromatic heterocycles. The fraction of sp³-hybridized carbons (Fsp3) is 0. The Hall–Kier alpha value is -3.08. The van der Waals surface area contributed by atoms with Gasteiger partial charge in [-0.1, -0.05) is 11.6 Å². The van der Waals surface area contributed by atoms with E-state index in [-0.39, 0.29) is 10.7 Å². The van der Waals surface area contributed by atoms with Crippen LogP contribution in [0.15, 0.2) is 71.8 Å². The number of benzene rings is 2. The van der Waals surface area contributed by atoms with Gasteiger partial charge in [-0.15, -0.1) is 0 Å². The molecule has 1 heterocycles. The molecule has 0 aliphatic carbocycles. The van der Waals surface area contributed by atoms with Crippen LogP contribution < -0.4 is 10.0 Å². The van der Waals surface area contributed by atoms with E-state index in [0.29, 0.717) is 16.3 Å². The first-order valence-electron chi connectivity index (χ1n) is 7.48. The second kappa shape index (κ2) is 7.44. The third-order valence-corrected chi connectivity index (χ3v) is 5.05. The van der Waals surface area contributed by atoms with Crippen LogP contribution in [-0.4, -0.2) is 13.4 Å². The standard InChI is InChI=1S/C18H13ClN4O2S/c19-14-3-8-17(9-4-14)26(24,25)23-18-10-7-16(12-21-18)22-15-5-1-13(11-20)2-6-15/h1-10,12,22H,(H,21,23). The van der Waals surface area contributed by atoms with Gasteiger partial charge in [0.15, 0.2) is 0 Å². The van der Waals surface area contributed by atoms with E-state index >= 15 is 0 Å². The lowest BCUT2D eigenvalue weighted by Gasteiger charge is -2.09. The number of aromatic nitrogens is 1. The highest BCUT2D eigenvalue weighted by Crippen LogP contribution is 2.20. The van der Waals surface area contributed by atoms with E-state index in [1.54, 1.807) is 36.4 Å². The van der Waals surface area contributed by atoms with Crippen LogP contribution in [-0.2, 0) is 10.0 Å². The number of hydrogen-bond acceptors (Lipinski definition) is 5. The highest BCUT2D eigenvalue weighted by Gasteiger charge is 2.14. The Morgan fingerprint density at radius 2 is 1.58 bits per heavy atom. The van der Waals surface area contributed by atoms with Crippen LogP contribution >= 0.6 is 11.6 Å². The Balaban J connectivity index is 1.71. The summed E-state index contributed by atoms with van der Waals surface area (Å²) >= 11 is 5.77. The predicted octanol–water partition coefficient (Wildman–Crippen LogP) is 4.15. The average molecular weight is 385 g/mol. The van der Waals surface area contributed by atoms with Gasteiger partial charge in [-0.2, -0.15) is 5.26 Å². The van der Waals surface area contributed by atoms with Crippen molar-refractivity contribution in [2.24, 2.45) is 0 Å². The molecule has 0 bridgehead atoms. The highest BCUT2D eigenvalue weighted by atomic mass is 35.5.